The van der Waals surface area contributed by atoms with E-state index in [-0.39, 0.29) is 36.0 Å². The summed E-state index contributed by atoms with van der Waals surface area (Å²) < 4.78 is 6.51. The van der Waals surface area contributed by atoms with Gasteiger partial charge < -0.3 is 9.64 Å². The van der Waals surface area contributed by atoms with Crippen LogP contribution in [0.15, 0.2) is 58.1 Å². The fourth-order valence-electron chi connectivity index (χ4n) is 4.33. The lowest BCUT2D eigenvalue weighted by Crippen LogP contribution is -2.37. The Morgan fingerprint density at radius 2 is 1.77 bits per heavy atom. The highest BCUT2D eigenvalue weighted by molar-refractivity contribution is 5.80. The Hall–Kier alpha value is -3.35. The highest BCUT2D eigenvalue weighted by Crippen LogP contribution is 2.31. The van der Waals surface area contributed by atoms with E-state index < -0.39 is 0 Å². The molecular weight excluding hydrogens is 394 g/mol. The smallest absolute Gasteiger partial charge is 0.273 e. The molecule has 162 valence electrons. The number of aromatic amines is 1. The number of aromatic nitrogens is 2. The Morgan fingerprint density at radius 3 is 2.52 bits per heavy atom. The third kappa shape index (κ3) is 4.40. The monoisotopic (exact) mass is 421 g/mol. The van der Waals surface area contributed by atoms with Gasteiger partial charge in [0.1, 0.15) is 5.75 Å². The van der Waals surface area contributed by atoms with Crippen molar-refractivity contribution in [2.24, 2.45) is 0 Å². The molecule has 0 radical (unpaired) electrons. The van der Waals surface area contributed by atoms with Gasteiger partial charge in [-0.1, -0.05) is 37.1 Å². The lowest BCUT2D eigenvalue weighted by atomic mass is 10.0. The average Bonchev–Trinajstić information content (AvgIpc) is 3.06. The number of methoxy groups -OCH3 is 1. The van der Waals surface area contributed by atoms with Crippen LogP contribution in [0.5, 0.6) is 5.75 Å². The molecule has 1 fully saturated rings. The number of rotatable bonds is 5. The summed E-state index contributed by atoms with van der Waals surface area (Å²) in [5.41, 5.74) is 0.478. The Balaban J connectivity index is 1.54. The van der Waals surface area contributed by atoms with Gasteiger partial charge in [0, 0.05) is 13.0 Å². The van der Waals surface area contributed by atoms with Crippen LogP contribution in [0.4, 0.5) is 0 Å². The number of hydrogen-bond donors (Lipinski definition) is 1. The molecule has 1 amide bonds. The Labute approximate surface area is 180 Å². The number of H-pyrrole nitrogens is 1. The van der Waals surface area contributed by atoms with E-state index >= 15 is 0 Å². The molecule has 0 unspecified atom stereocenters. The predicted molar refractivity (Wildman–Crippen MR) is 119 cm³/mol. The quantitative estimate of drug-likeness (QED) is 0.686. The van der Waals surface area contributed by atoms with E-state index in [1.54, 1.807) is 31.4 Å². The second-order valence-corrected chi connectivity index (χ2v) is 7.92. The van der Waals surface area contributed by atoms with Crippen LogP contribution >= 0.6 is 0 Å². The van der Waals surface area contributed by atoms with Crippen molar-refractivity contribution in [3.05, 3.63) is 74.8 Å². The van der Waals surface area contributed by atoms with Crippen LogP contribution in [-0.4, -0.2) is 34.2 Å². The molecule has 0 bridgehead atoms. The van der Waals surface area contributed by atoms with E-state index in [0.717, 1.165) is 37.0 Å². The van der Waals surface area contributed by atoms with E-state index in [0.29, 0.717) is 17.3 Å². The number of ether oxygens (including phenoxy) is 1. The van der Waals surface area contributed by atoms with Crippen LogP contribution in [0, 0.1) is 0 Å². The van der Waals surface area contributed by atoms with Crippen LogP contribution < -0.4 is 15.9 Å². The van der Waals surface area contributed by atoms with Gasteiger partial charge in [-0.15, -0.1) is 0 Å². The molecule has 7 nitrogen and oxygen atoms in total. The molecule has 0 aliphatic carbocycles. The average molecular weight is 421 g/mol. The van der Waals surface area contributed by atoms with Crippen molar-refractivity contribution >= 4 is 16.7 Å². The van der Waals surface area contributed by atoms with Gasteiger partial charge in [-0.2, -0.15) is 0 Å². The van der Waals surface area contributed by atoms with E-state index in [4.69, 9.17) is 4.74 Å². The summed E-state index contributed by atoms with van der Waals surface area (Å²) in [6.45, 7) is 0.836. The number of carbonyl (C=O) groups excluding carboxylic acids is 1. The molecule has 2 aromatic carbocycles. The molecule has 0 spiro atoms. The van der Waals surface area contributed by atoms with E-state index in [1.807, 2.05) is 29.2 Å². The van der Waals surface area contributed by atoms with E-state index in [2.05, 4.69) is 5.10 Å². The van der Waals surface area contributed by atoms with Crippen molar-refractivity contribution in [1.82, 2.24) is 14.7 Å². The Kier molecular flexibility index (Phi) is 6.21. The molecule has 2 heterocycles. The first-order valence-corrected chi connectivity index (χ1v) is 10.7. The summed E-state index contributed by atoms with van der Waals surface area (Å²) in [4.78, 5) is 40.2. The summed E-state index contributed by atoms with van der Waals surface area (Å²) >= 11 is 0. The standard InChI is InChI=1S/C24H27N3O4/c1-31-18-12-10-17(11-13-18)21-9-3-2-6-15-26(21)22(28)14-16-27-24(30)20-8-5-4-7-19(20)23(29)25-27/h4-5,7-8,10-13,21H,2-3,6,9,14-16H2,1H3,(H,25,29)/t21-/m0/s1. The van der Waals surface area contributed by atoms with Crippen molar-refractivity contribution < 1.29 is 9.53 Å². The van der Waals surface area contributed by atoms with Gasteiger partial charge >= 0.3 is 0 Å². The minimum atomic E-state index is -0.325. The maximum atomic E-state index is 13.2. The summed E-state index contributed by atoms with van der Waals surface area (Å²) in [6, 6.07) is 14.6. The number of carbonyl (C=O) groups is 1. The number of nitrogens with one attached hydrogen (secondary N) is 1. The van der Waals surface area contributed by atoms with Gasteiger partial charge in [0.2, 0.25) is 5.91 Å². The first-order chi connectivity index (χ1) is 15.1. The second kappa shape index (κ2) is 9.20. The van der Waals surface area contributed by atoms with Crippen LogP contribution in [-0.2, 0) is 11.3 Å². The molecule has 1 aromatic heterocycles. The first kappa shape index (κ1) is 20.9. The maximum Gasteiger partial charge on any atom is 0.273 e. The van der Waals surface area contributed by atoms with Gasteiger partial charge in [0.25, 0.3) is 11.1 Å². The summed E-state index contributed by atoms with van der Waals surface area (Å²) in [5.74, 6) is 0.776. The number of likely N-dealkylation sites (tertiary alicyclic amines) is 1. The summed E-state index contributed by atoms with van der Waals surface area (Å²) in [6.07, 6.45) is 4.18. The number of fused-ring (bicyclic) bond motifs is 1. The van der Waals surface area contributed by atoms with Gasteiger partial charge in [0.15, 0.2) is 0 Å². The van der Waals surface area contributed by atoms with Gasteiger partial charge in [-0.05, 0) is 42.7 Å². The highest BCUT2D eigenvalue weighted by Gasteiger charge is 2.26. The fraction of sp³-hybridized carbons (Fsp3) is 0.375. The maximum absolute atomic E-state index is 13.2. The van der Waals surface area contributed by atoms with Crippen molar-refractivity contribution in [1.29, 1.82) is 0 Å². The molecule has 1 aliphatic heterocycles. The Morgan fingerprint density at radius 1 is 1.03 bits per heavy atom. The number of aryl methyl sites for hydroxylation is 1. The van der Waals surface area contributed by atoms with E-state index in [1.165, 1.54) is 4.68 Å². The molecule has 4 rings (SSSR count). The topological polar surface area (TPSA) is 84.4 Å². The fourth-order valence-corrected chi connectivity index (χ4v) is 4.33. The van der Waals surface area contributed by atoms with Crippen molar-refractivity contribution in [2.45, 2.75) is 44.7 Å². The van der Waals surface area contributed by atoms with Crippen LogP contribution in [0.25, 0.3) is 10.8 Å². The van der Waals surface area contributed by atoms with Gasteiger partial charge in [-0.3, -0.25) is 19.5 Å². The minimum absolute atomic E-state index is 0.00767. The zero-order valence-electron chi connectivity index (χ0n) is 17.7. The molecule has 0 saturated carbocycles. The predicted octanol–water partition coefficient (Wildman–Crippen LogP) is 3.23. The van der Waals surface area contributed by atoms with Crippen molar-refractivity contribution in [2.75, 3.05) is 13.7 Å². The third-order valence-corrected chi connectivity index (χ3v) is 6.01. The summed E-state index contributed by atoms with van der Waals surface area (Å²) in [5, 5.41) is 3.34. The molecule has 3 aromatic rings. The van der Waals surface area contributed by atoms with Crippen LogP contribution in [0.3, 0.4) is 0 Å². The van der Waals surface area contributed by atoms with Crippen molar-refractivity contribution in [3.63, 3.8) is 0 Å². The minimum Gasteiger partial charge on any atom is -0.497 e. The Bertz CT molecular complexity index is 1180. The molecule has 7 heteroatoms. The zero-order valence-corrected chi connectivity index (χ0v) is 17.7. The molecule has 1 atom stereocenters. The summed E-state index contributed by atoms with van der Waals surface area (Å²) in [7, 11) is 1.63. The number of hydrogen-bond acceptors (Lipinski definition) is 4. The molecule has 1 N–H and O–H groups in total. The third-order valence-electron chi connectivity index (χ3n) is 6.01. The molecular formula is C24H27N3O4. The number of nitrogens with zero attached hydrogens (tertiary/aromatic N) is 2. The second-order valence-electron chi connectivity index (χ2n) is 7.92. The van der Waals surface area contributed by atoms with Crippen LogP contribution in [0.1, 0.15) is 43.7 Å². The lowest BCUT2D eigenvalue weighted by molar-refractivity contribution is -0.134. The lowest BCUT2D eigenvalue weighted by Gasteiger charge is -2.31. The van der Waals surface area contributed by atoms with Crippen molar-refractivity contribution in [3.8, 4) is 5.75 Å². The van der Waals surface area contributed by atoms with Gasteiger partial charge in [-0.25, -0.2) is 4.68 Å². The highest BCUT2D eigenvalue weighted by atomic mass is 16.5. The van der Waals surface area contributed by atoms with Crippen LogP contribution in [0.2, 0.25) is 0 Å². The number of benzene rings is 2. The molecule has 1 saturated heterocycles. The molecule has 31 heavy (non-hydrogen) atoms. The molecule has 1 aliphatic rings. The first-order valence-electron chi connectivity index (χ1n) is 10.7. The van der Waals surface area contributed by atoms with E-state index in [9.17, 15) is 14.4 Å². The van der Waals surface area contributed by atoms with Gasteiger partial charge in [0.05, 0.1) is 30.5 Å². The number of amides is 1. The normalized spacial score (nSPS) is 16.8. The SMILES string of the molecule is COc1ccc([C@@H]2CCCCCN2C(=O)CCn2[nH]c(=O)c3ccccc3c2=O)cc1. The largest absolute Gasteiger partial charge is 0.497 e. The zero-order chi connectivity index (χ0) is 21.8.